The van der Waals surface area contributed by atoms with E-state index in [4.69, 9.17) is 9.47 Å². The number of benzene rings is 1. The van der Waals surface area contributed by atoms with Crippen molar-refractivity contribution in [3.8, 4) is 0 Å². The SMILES string of the molecule is CC(C)(C)OC(=O)N[C@@H](CSCc1ccccc1)C(=O)N1CCC[C@H]1C(=O)OC(C)(C)C. The van der Waals surface area contributed by atoms with Crippen molar-refractivity contribution in [2.75, 3.05) is 12.3 Å². The summed E-state index contributed by atoms with van der Waals surface area (Å²) < 4.78 is 10.9. The number of likely N-dealkylation sites (tertiary alicyclic amines) is 1. The molecule has 1 aromatic rings. The van der Waals surface area contributed by atoms with Gasteiger partial charge in [0, 0.05) is 18.1 Å². The van der Waals surface area contributed by atoms with Gasteiger partial charge in [-0.3, -0.25) is 4.79 Å². The number of thioether (sulfide) groups is 1. The molecular weight excluding hydrogens is 428 g/mol. The van der Waals surface area contributed by atoms with Gasteiger partial charge < -0.3 is 19.7 Å². The van der Waals surface area contributed by atoms with Crippen molar-refractivity contribution in [1.29, 1.82) is 0 Å². The molecule has 0 unspecified atom stereocenters. The van der Waals surface area contributed by atoms with Gasteiger partial charge in [-0.2, -0.15) is 11.8 Å². The molecular formula is C24H36N2O5S. The zero-order valence-electron chi connectivity index (χ0n) is 20.0. The Labute approximate surface area is 195 Å². The molecule has 2 rings (SSSR count). The minimum Gasteiger partial charge on any atom is -0.458 e. The molecule has 1 aliphatic heterocycles. The Morgan fingerprint density at radius 2 is 1.69 bits per heavy atom. The number of ether oxygens (including phenoxy) is 2. The van der Waals surface area contributed by atoms with Crippen LogP contribution in [0.2, 0.25) is 0 Å². The van der Waals surface area contributed by atoms with Crippen molar-refractivity contribution in [3.05, 3.63) is 35.9 Å². The smallest absolute Gasteiger partial charge is 0.408 e. The maximum atomic E-state index is 13.4. The normalized spacial score (nSPS) is 17.6. The Balaban J connectivity index is 2.10. The van der Waals surface area contributed by atoms with E-state index < -0.39 is 35.3 Å². The molecule has 178 valence electrons. The fourth-order valence-electron chi connectivity index (χ4n) is 3.34. The van der Waals surface area contributed by atoms with Gasteiger partial charge in [-0.15, -0.1) is 0 Å². The molecule has 1 N–H and O–H groups in total. The highest BCUT2D eigenvalue weighted by Crippen LogP contribution is 2.23. The van der Waals surface area contributed by atoms with Crippen LogP contribution in [0.4, 0.5) is 4.79 Å². The van der Waals surface area contributed by atoms with E-state index in [1.165, 1.54) is 0 Å². The van der Waals surface area contributed by atoms with E-state index >= 15 is 0 Å². The Kier molecular flexibility index (Phi) is 9.01. The molecule has 0 bridgehead atoms. The zero-order valence-corrected chi connectivity index (χ0v) is 20.8. The molecule has 0 saturated carbocycles. The molecule has 1 heterocycles. The number of rotatable bonds is 7. The molecule has 2 amide bonds. The van der Waals surface area contributed by atoms with E-state index in [0.717, 1.165) is 5.56 Å². The van der Waals surface area contributed by atoms with E-state index in [9.17, 15) is 14.4 Å². The van der Waals surface area contributed by atoms with E-state index in [1.54, 1.807) is 58.2 Å². The van der Waals surface area contributed by atoms with E-state index in [1.807, 2.05) is 30.3 Å². The zero-order chi connectivity index (χ0) is 23.9. The van der Waals surface area contributed by atoms with Gasteiger partial charge in [0.05, 0.1) is 0 Å². The lowest BCUT2D eigenvalue weighted by Gasteiger charge is -2.30. The number of esters is 1. The van der Waals surface area contributed by atoms with E-state index in [-0.39, 0.29) is 5.91 Å². The fourth-order valence-corrected chi connectivity index (χ4v) is 4.35. The highest BCUT2D eigenvalue weighted by molar-refractivity contribution is 7.98. The Morgan fingerprint density at radius 1 is 1.06 bits per heavy atom. The molecule has 2 atom stereocenters. The number of nitrogens with one attached hydrogen (secondary N) is 1. The lowest BCUT2D eigenvalue weighted by Crippen LogP contribution is -2.54. The summed E-state index contributed by atoms with van der Waals surface area (Å²) in [6.07, 6.45) is 0.618. The van der Waals surface area contributed by atoms with Gasteiger partial charge in [-0.25, -0.2) is 9.59 Å². The van der Waals surface area contributed by atoms with Crippen LogP contribution in [0.15, 0.2) is 30.3 Å². The summed E-state index contributed by atoms with van der Waals surface area (Å²) in [5.74, 6) is 0.377. The summed E-state index contributed by atoms with van der Waals surface area (Å²) in [4.78, 5) is 40.0. The lowest BCUT2D eigenvalue weighted by molar-refractivity contribution is -0.163. The molecule has 1 fully saturated rings. The number of hydrogen-bond acceptors (Lipinski definition) is 6. The van der Waals surface area contributed by atoms with Crippen molar-refractivity contribution in [3.63, 3.8) is 0 Å². The highest BCUT2D eigenvalue weighted by Gasteiger charge is 2.40. The quantitative estimate of drug-likeness (QED) is 0.611. The molecule has 8 heteroatoms. The third kappa shape index (κ3) is 8.73. The van der Waals surface area contributed by atoms with Crippen molar-refractivity contribution in [2.45, 2.75) is 83.4 Å². The van der Waals surface area contributed by atoms with Crippen LogP contribution in [0.3, 0.4) is 0 Å². The second kappa shape index (κ2) is 11.1. The van der Waals surface area contributed by atoms with Gasteiger partial charge in [-0.1, -0.05) is 30.3 Å². The number of alkyl carbamates (subject to hydrolysis) is 1. The summed E-state index contributed by atoms with van der Waals surface area (Å²) in [7, 11) is 0. The largest absolute Gasteiger partial charge is 0.458 e. The molecule has 0 aliphatic carbocycles. The molecule has 7 nitrogen and oxygen atoms in total. The summed E-state index contributed by atoms with van der Waals surface area (Å²) in [5, 5.41) is 2.72. The maximum Gasteiger partial charge on any atom is 0.408 e. The van der Waals surface area contributed by atoms with E-state index in [0.29, 0.717) is 30.9 Å². The predicted molar refractivity (Wildman–Crippen MR) is 126 cm³/mol. The van der Waals surface area contributed by atoms with Crippen molar-refractivity contribution < 1.29 is 23.9 Å². The Bertz CT molecular complexity index is 786. The Hall–Kier alpha value is -2.22. The summed E-state index contributed by atoms with van der Waals surface area (Å²) >= 11 is 1.55. The monoisotopic (exact) mass is 464 g/mol. The van der Waals surface area contributed by atoms with Crippen molar-refractivity contribution in [2.24, 2.45) is 0 Å². The molecule has 1 saturated heterocycles. The second-order valence-corrected chi connectivity index (χ2v) is 11.0. The number of nitrogens with zero attached hydrogens (tertiary/aromatic N) is 1. The minimum atomic E-state index is -0.804. The van der Waals surface area contributed by atoms with Gasteiger partial charge in [0.25, 0.3) is 0 Å². The van der Waals surface area contributed by atoms with Gasteiger partial charge >= 0.3 is 12.1 Å². The molecule has 0 spiro atoms. The Morgan fingerprint density at radius 3 is 2.28 bits per heavy atom. The van der Waals surface area contributed by atoms with Crippen LogP contribution in [0, 0.1) is 0 Å². The van der Waals surface area contributed by atoms with Crippen molar-refractivity contribution >= 4 is 29.7 Å². The van der Waals surface area contributed by atoms with Gasteiger partial charge in [-0.05, 0) is 59.9 Å². The third-order valence-electron chi connectivity index (χ3n) is 4.60. The summed E-state index contributed by atoms with van der Waals surface area (Å²) in [5.41, 5.74) is -0.177. The molecule has 32 heavy (non-hydrogen) atoms. The van der Waals surface area contributed by atoms with Crippen LogP contribution in [0.5, 0.6) is 0 Å². The average molecular weight is 465 g/mol. The first-order chi connectivity index (χ1) is 14.9. The van der Waals surface area contributed by atoms with E-state index in [2.05, 4.69) is 5.32 Å². The van der Waals surface area contributed by atoms with Crippen LogP contribution in [0.25, 0.3) is 0 Å². The summed E-state index contributed by atoms with van der Waals surface area (Å²) in [6, 6.07) is 8.48. The van der Waals surface area contributed by atoms with Gasteiger partial charge in [0.15, 0.2) is 0 Å². The predicted octanol–water partition coefficient (Wildman–Crippen LogP) is 4.15. The molecule has 0 radical (unpaired) electrons. The summed E-state index contributed by atoms with van der Waals surface area (Å²) in [6.45, 7) is 11.2. The number of amides is 2. The fraction of sp³-hybridized carbons (Fsp3) is 0.625. The van der Waals surface area contributed by atoms with Crippen LogP contribution in [-0.2, 0) is 24.8 Å². The lowest BCUT2D eigenvalue weighted by atomic mass is 10.1. The second-order valence-electron chi connectivity index (χ2n) is 9.92. The number of carbonyl (C=O) groups is 3. The highest BCUT2D eigenvalue weighted by atomic mass is 32.2. The topological polar surface area (TPSA) is 84.9 Å². The van der Waals surface area contributed by atoms with Crippen LogP contribution >= 0.6 is 11.8 Å². The average Bonchev–Trinajstić information content (AvgIpc) is 3.14. The number of carbonyl (C=O) groups excluding carboxylic acids is 3. The van der Waals surface area contributed by atoms with Gasteiger partial charge in [0.1, 0.15) is 23.3 Å². The third-order valence-corrected chi connectivity index (χ3v) is 5.71. The van der Waals surface area contributed by atoms with Crippen LogP contribution in [-0.4, -0.2) is 58.5 Å². The minimum absolute atomic E-state index is 0.287. The molecule has 1 aromatic carbocycles. The maximum absolute atomic E-state index is 13.4. The molecule has 0 aromatic heterocycles. The molecule has 1 aliphatic rings. The first-order valence-electron chi connectivity index (χ1n) is 11.0. The first kappa shape index (κ1) is 26.0. The van der Waals surface area contributed by atoms with Crippen molar-refractivity contribution in [1.82, 2.24) is 10.2 Å². The number of hydrogen-bond donors (Lipinski definition) is 1. The van der Waals surface area contributed by atoms with Crippen LogP contribution < -0.4 is 5.32 Å². The van der Waals surface area contributed by atoms with Crippen LogP contribution in [0.1, 0.15) is 59.9 Å². The van der Waals surface area contributed by atoms with Gasteiger partial charge in [0.2, 0.25) is 5.91 Å². The standard InChI is InChI=1S/C24H36N2O5S/c1-23(2,3)30-21(28)19-13-10-14-26(19)20(27)18(25-22(29)31-24(4,5)6)16-32-15-17-11-8-7-9-12-17/h7-9,11-12,18-19H,10,13-16H2,1-6H3,(H,25,29)/t18-,19-/m0/s1. The first-order valence-corrected chi connectivity index (χ1v) is 12.2.